The number of nitrogens with zero attached hydrogens (tertiary/aromatic N) is 4. The van der Waals surface area contributed by atoms with Gasteiger partial charge in [0.25, 0.3) is 5.91 Å². The van der Waals surface area contributed by atoms with Crippen molar-refractivity contribution in [3.8, 4) is 6.07 Å². The van der Waals surface area contributed by atoms with E-state index < -0.39 is 18.5 Å². The lowest BCUT2D eigenvalue weighted by molar-refractivity contribution is -0.119. The number of benzene rings is 1. The number of aryl methyl sites for hydroxylation is 1. The second-order valence-corrected chi connectivity index (χ2v) is 5.69. The van der Waals surface area contributed by atoms with Gasteiger partial charge in [-0.2, -0.15) is 10.4 Å². The fourth-order valence-corrected chi connectivity index (χ4v) is 2.54. The van der Waals surface area contributed by atoms with E-state index in [0.717, 1.165) is 0 Å². The van der Waals surface area contributed by atoms with Crippen LogP contribution >= 0.6 is 11.6 Å². The summed E-state index contributed by atoms with van der Waals surface area (Å²) in [5.74, 6) is -1.23. The molecule has 26 heavy (non-hydrogen) atoms. The number of aromatic nitrogens is 3. The molecule has 1 amide bonds. The highest BCUT2D eigenvalue weighted by Gasteiger charge is 2.20. The number of rotatable bonds is 4. The summed E-state index contributed by atoms with van der Waals surface area (Å²) in [6.45, 7) is 1.17. The Hall–Kier alpha value is -3.44. The summed E-state index contributed by atoms with van der Waals surface area (Å²) in [4.78, 5) is 28.4. The lowest BCUT2D eigenvalue weighted by Gasteiger charge is -2.07. The topological polar surface area (TPSA) is 109 Å². The monoisotopic (exact) mass is 369 g/mol. The molecular formula is C17H12ClN5O3. The van der Waals surface area contributed by atoms with E-state index in [-0.39, 0.29) is 10.6 Å². The van der Waals surface area contributed by atoms with Crippen LogP contribution in [0.1, 0.15) is 21.6 Å². The highest BCUT2D eigenvalue weighted by molar-refractivity contribution is 6.32. The maximum Gasteiger partial charge on any atom is 0.344 e. The quantitative estimate of drug-likeness (QED) is 0.707. The van der Waals surface area contributed by atoms with E-state index in [4.69, 9.17) is 21.6 Å². The van der Waals surface area contributed by atoms with Crippen LogP contribution in [0.4, 0.5) is 5.69 Å². The molecule has 0 saturated carbocycles. The molecule has 1 N–H and O–H groups in total. The summed E-state index contributed by atoms with van der Waals surface area (Å²) in [5.41, 5.74) is 1.71. The van der Waals surface area contributed by atoms with Gasteiger partial charge >= 0.3 is 5.97 Å². The third kappa shape index (κ3) is 3.48. The molecule has 1 aromatic carbocycles. The Bertz CT molecular complexity index is 1050. The molecule has 0 unspecified atom stereocenters. The first kappa shape index (κ1) is 17.4. The van der Waals surface area contributed by atoms with Crippen molar-refractivity contribution in [3.05, 3.63) is 58.5 Å². The van der Waals surface area contributed by atoms with Crippen LogP contribution in [-0.2, 0) is 9.53 Å². The van der Waals surface area contributed by atoms with Gasteiger partial charge in [-0.15, -0.1) is 0 Å². The third-order valence-corrected chi connectivity index (χ3v) is 3.79. The third-order valence-electron chi connectivity index (χ3n) is 3.48. The minimum atomic E-state index is -0.691. The molecule has 0 atom stereocenters. The average molecular weight is 370 g/mol. The van der Waals surface area contributed by atoms with Crippen LogP contribution in [0.2, 0.25) is 5.02 Å². The number of hydrogen-bond acceptors (Lipinski definition) is 6. The molecule has 9 heteroatoms. The second kappa shape index (κ2) is 7.21. The van der Waals surface area contributed by atoms with Crippen LogP contribution in [-0.4, -0.2) is 33.1 Å². The molecule has 130 valence electrons. The number of ether oxygens (including phenoxy) is 1. The Morgan fingerprint density at radius 3 is 2.96 bits per heavy atom. The fourth-order valence-electron chi connectivity index (χ4n) is 2.32. The summed E-state index contributed by atoms with van der Waals surface area (Å²) in [6, 6.07) is 8.07. The molecule has 2 heterocycles. The van der Waals surface area contributed by atoms with Gasteiger partial charge in [0.15, 0.2) is 12.3 Å². The molecule has 0 aliphatic rings. The minimum Gasteiger partial charge on any atom is -0.452 e. The number of anilines is 1. The van der Waals surface area contributed by atoms with Gasteiger partial charge in [-0.25, -0.2) is 14.3 Å². The number of hydrogen-bond donors (Lipinski definition) is 1. The number of carbonyl (C=O) groups excluding carboxylic acids is 2. The second-order valence-electron chi connectivity index (χ2n) is 5.28. The lowest BCUT2D eigenvalue weighted by atomic mass is 10.2. The zero-order chi connectivity index (χ0) is 18.7. The number of esters is 1. The van der Waals surface area contributed by atoms with E-state index in [9.17, 15) is 9.59 Å². The van der Waals surface area contributed by atoms with E-state index in [0.29, 0.717) is 22.6 Å². The first-order valence-electron chi connectivity index (χ1n) is 7.46. The van der Waals surface area contributed by atoms with Gasteiger partial charge in [-0.3, -0.25) is 4.79 Å². The summed E-state index contributed by atoms with van der Waals surface area (Å²) >= 11 is 5.91. The molecule has 0 aliphatic carbocycles. The minimum absolute atomic E-state index is 0.208. The maximum absolute atomic E-state index is 12.3. The number of carbonyl (C=O) groups is 2. The van der Waals surface area contributed by atoms with E-state index in [1.165, 1.54) is 28.9 Å². The largest absolute Gasteiger partial charge is 0.452 e. The Balaban J connectivity index is 1.66. The normalized spacial score (nSPS) is 10.3. The molecule has 8 nitrogen and oxygen atoms in total. The van der Waals surface area contributed by atoms with Crippen molar-refractivity contribution >= 4 is 34.8 Å². The van der Waals surface area contributed by atoms with Crippen molar-refractivity contribution in [1.29, 1.82) is 5.26 Å². The van der Waals surface area contributed by atoms with Crippen molar-refractivity contribution in [2.45, 2.75) is 6.92 Å². The molecule has 3 aromatic rings. The Morgan fingerprint density at radius 2 is 2.23 bits per heavy atom. The Labute approximate surface area is 153 Å². The lowest BCUT2D eigenvalue weighted by Crippen LogP contribution is -2.21. The van der Waals surface area contributed by atoms with Crippen LogP contribution in [0, 0.1) is 18.3 Å². The van der Waals surface area contributed by atoms with Crippen molar-refractivity contribution in [3.63, 3.8) is 0 Å². The number of nitrogens with one attached hydrogen (secondary N) is 1. The van der Waals surface area contributed by atoms with Crippen molar-refractivity contribution in [2.75, 3.05) is 11.9 Å². The van der Waals surface area contributed by atoms with Gasteiger partial charge in [0.05, 0.1) is 16.3 Å². The van der Waals surface area contributed by atoms with Gasteiger partial charge in [0.1, 0.15) is 11.6 Å². The molecule has 0 radical (unpaired) electrons. The average Bonchev–Trinajstić information content (AvgIpc) is 2.95. The van der Waals surface area contributed by atoms with Gasteiger partial charge in [0, 0.05) is 18.1 Å². The zero-order valence-corrected chi connectivity index (χ0v) is 14.3. The molecular weight excluding hydrogens is 358 g/mol. The van der Waals surface area contributed by atoms with Crippen LogP contribution in [0.3, 0.4) is 0 Å². The smallest absolute Gasteiger partial charge is 0.344 e. The SMILES string of the molecule is Cc1nn2cccnc2c1C(=O)OCC(=O)Nc1ccc(C#N)c(Cl)c1. The van der Waals surface area contributed by atoms with Crippen molar-refractivity contribution in [1.82, 2.24) is 14.6 Å². The predicted octanol–water partition coefficient (Wildman–Crippen LogP) is 2.36. The number of halogens is 1. The van der Waals surface area contributed by atoms with Crippen molar-refractivity contribution in [2.24, 2.45) is 0 Å². The highest BCUT2D eigenvalue weighted by atomic mass is 35.5. The predicted molar refractivity (Wildman–Crippen MR) is 92.8 cm³/mol. The summed E-state index contributed by atoms with van der Waals surface area (Å²) < 4.78 is 6.52. The van der Waals surface area contributed by atoms with Crippen LogP contribution < -0.4 is 5.32 Å². The maximum atomic E-state index is 12.3. The van der Waals surface area contributed by atoms with Gasteiger partial charge in [-0.1, -0.05) is 11.6 Å². The molecule has 2 aromatic heterocycles. The van der Waals surface area contributed by atoms with Gasteiger partial charge in [0.2, 0.25) is 0 Å². The standard InChI is InChI=1S/C17H12ClN5O3/c1-10-15(16-20-5-2-6-23(16)22-10)17(25)26-9-14(24)21-12-4-3-11(8-19)13(18)7-12/h2-7H,9H2,1H3,(H,21,24). The van der Waals surface area contributed by atoms with Gasteiger partial charge in [-0.05, 0) is 31.2 Å². The van der Waals surface area contributed by atoms with Crippen LogP contribution in [0.25, 0.3) is 5.65 Å². The summed E-state index contributed by atoms with van der Waals surface area (Å²) in [7, 11) is 0. The highest BCUT2D eigenvalue weighted by Crippen LogP contribution is 2.20. The molecule has 0 saturated heterocycles. The van der Waals surface area contributed by atoms with Gasteiger partial charge < -0.3 is 10.1 Å². The number of amides is 1. The summed E-state index contributed by atoms with van der Waals surface area (Å²) in [6.07, 6.45) is 3.20. The molecule has 0 aliphatic heterocycles. The Morgan fingerprint density at radius 1 is 1.42 bits per heavy atom. The van der Waals surface area contributed by atoms with E-state index in [1.807, 2.05) is 6.07 Å². The number of fused-ring (bicyclic) bond motifs is 1. The van der Waals surface area contributed by atoms with Crippen molar-refractivity contribution < 1.29 is 14.3 Å². The Kier molecular flexibility index (Phi) is 4.82. The fraction of sp³-hybridized carbons (Fsp3) is 0.118. The first-order chi connectivity index (χ1) is 12.5. The van der Waals surface area contributed by atoms with E-state index in [1.54, 1.807) is 19.2 Å². The molecule has 3 rings (SSSR count). The van der Waals surface area contributed by atoms with E-state index >= 15 is 0 Å². The zero-order valence-electron chi connectivity index (χ0n) is 13.6. The van der Waals surface area contributed by atoms with Crippen LogP contribution in [0.15, 0.2) is 36.7 Å². The van der Waals surface area contributed by atoms with E-state index in [2.05, 4.69) is 15.4 Å². The first-order valence-corrected chi connectivity index (χ1v) is 7.84. The number of nitriles is 1. The van der Waals surface area contributed by atoms with Crippen LogP contribution in [0.5, 0.6) is 0 Å². The summed E-state index contributed by atoms with van der Waals surface area (Å²) in [5, 5.41) is 15.8. The molecule has 0 bridgehead atoms. The molecule has 0 spiro atoms. The molecule has 0 fully saturated rings.